The quantitative estimate of drug-likeness (QED) is 0.874. The monoisotopic (exact) mass is 247 g/mol. The van der Waals surface area contributed by atoms with Gasteiger partial charge in [0.2, 0.25) is 0 Å². The van der Waals surface area contributed by atoms with Gasteiger partial charge in [0, 0.05) is 36.9 Å². The SMILES string of the molecule is CC(C)(C)NCc1nccn1CCn1cccn1. The molecule has 0 bridgehead atoms. The van der Waals surface area contributed by atoms with E-state index in [9.17, 15) is 0 Å². The van der Waals surface area contributed by atoms with Crippen molar-refractivity contribution in [2.24, 2.45) is 0 Å². The number of hydrogen-bond donors (Lipinski definition) is 1. The molecule has 0 aromatic carbocycles. The molecule has 0 radical (unpaired) electrons. The average Bonchev–Trinajstić information content (AvgIpc) is 2.94. The Balaban J connectivity index is 1.91. The van der Waals surface area contributed by atoms with Gasteiger partial charge in [0.15, 0.2) is 0 Å². The number of aromatic nitrogens is 4. The molecule has 0 aliphatic carbocycles. The molecule has 0 saturated heterocycles. The van der Waals surface area contributed by atoms with E-state index in [1.807, 2.05) is 29.3 Å². The van der Waals surface area contributed by atoms with Crippen LogP contribution in [0.2, 0.25) is 0 Å². The lowest BCUT2D eigenvalue weighted by atomic mass is 10.1. The Kier molecular flexibility index (Phi) is 3.81. The van der Waals surface area contributed by atoms with Crippen molar-refractivity contribution >= 4 is 0 Å². The summed E-state index contributed by atoms with van der Waals surface area (Å²) in [6.07, 6.45) is 7.64. The molecule has 2 aromatic heterocycles. The number of nitrogens with one attached hydrogen (secondary N) is 1. The lowest BCUT2D eigenvalue weighted by Crippen LogP contribution is -2.36. The first-order chi connectivity index (χ1) is 8.54. The van der Waals surface area contributed by atoms with Crippen molar-refractivity contribution in [1.82, 2.24) is 24.6 Å². The van der Waals surface area contributed by atoms with E-state index in [2.05, 4.69) is 40.7 Å². The van der Waals surface area contributed by atoms with E-state index in [4.69, 9.17) is 0 Å². The van der Waals surface area contributed by atoms with E-state index >= 15 is 0 Å². The summed E-state index contributed by atoms with van der Waals surface area (Å²) in [5, 5.41) is 7.65. The average molecular weight is 247 g/mol. The predicted octanol–water partition coefficient (Wildman–Crippen LogP) is 1.67. The summed E-state index contributed by atoms with van der Waals surface area (Å²) < 4.78 is 4.10. The number of rotatable bonds is 5. The van der Waals surface area contributed by atoms with Gasteiger partial charge < -0.3 is 9.88 Å². The third-order valence-corrected chi connectivity index (χ3v) is 2.71. The van der Waals surface area contributed by atoms with E-state index in [0.29, 0.717) is 0 Å². The smallest absolute Gasteiger partial charge is 0.122 e. The summed E-state index contributed by atoms with van der Waals surface area (Å²) in [4.78, 5) is 4.39. The Bertz CT molecular complexity index is 464. The van der Waals surface area contributed by atoms with Crippen molar-refractivity contribution in [1.29, 1.82) is 0 Å². The minimum Gasteiger partial charge on any atom is -0.332 e. The van der Waals surface area contributed by atoms with Gasteiger partial charge in [-0.2, -0.15) is 5.10 Å². The number of aryl methyl sites for hydroxylation is 2. The lowest BCUT2D eigenvalue weighted by Gasteiger charge is -2.20. The third-order valence-electron chi connectivity index (χ3n) is 2.71. The Hall–Kier alpha value is -1.62. The second kappa shape index (κ2) is 5.35. The third kappa shape index (κ3) is 3.70. The zero-order valence-corrected chi connectivity index (χ0v) is 11.3. The van der Waals surface area contributed by atoms with Crippen LogP contribution in [-0.2, 0) is 19.6 Å². The lowest BCUT2D eigenvalue weighted by molar-refractivity contribution is 0.408. The van der Waals surface area contributed by atoms with Gasteiger partial charge in [-0.3, -0.25) is 4.68 Å². The summed E-state index contributed by atoms with van der Waals surface area (Å²) in [5.41, 5.74) is 0.110. The van der Waals surface area contributed by atoms with Crippen molar-refractivity contribution in [3.05, 3.63) is 36.7 Å². The van der Waals surface area contributed by atoms with E-state index < -0.39 is 0 Å². The molecule has 2 heterocycles. The van der Waals surface area contributed by atoms with Gasteiger partial charge in [-0.1, -0.05) is 0 Å². The summed E-state index contributed by atoms with van der Waals surface area (Å²) in [7, 11) is 0. The largest absolute Gasteiger partial charge is 0.332 e. The molecular formula is C13H21N5. The van der Waals surface area contributed by atoms with Gasteiger partial charge in [0.25, 0.3) is 0 Å². The van der Waals surface area contributed by atoms with Crippen LogP contribution in [0.4, 0.5) is 0 Å². The Morgan fingerprint density at radius 3 is 2.67 bits per heavy atom. The van der Waals surface area contributed by atoms with Gasteiger partial charge in [-0.15, -0.1) is 0 Å². The second-order valence-corrected chi connectivity index (χ2v) is 5.41. The van der Waals surface area contributed by atoms with E-state index in [-0.39, 0.29) is 5.54 Å². The number of hydrogen-bond acceptors (Lipinski definition) is 3. The summed E-state index contributed by atoms with van der Waals surface area (Å²) in [6.45, 7) is 9.02. The molecule has 0 unspecified atom stereocenters. The van der Waals surface area contributed by atoms with Gasteiger partial charge in [-0.25, -0.2) is 4.98 Å². The van der Waals surface area contributed by atoms with Crippen LogP contribution in [0, 0.1) is 0 Å². The topological polar surface area (TPSA) is 47.7 Å². The molecule has 0 aliphatic rings. The number of nitrogens with zero attached hydrogens (tertiary/aromatic N) is 4. The van der Waals surface area contributed by atoms with Crippen molar-refractivity contribution < 1.29 is 0 Å². The molecule has 0 aliphatic heterocycles. The maximum atomic E-state index is 4.39. The highest BCUT2D eigenvalue weighted by molar-refractivity contribution is 4.93. The highest BCUT2D eigenvalue weighted by atomic mass is 15.3. The van der Waals surface area contributed by atoms with E-state index in [0.717, 1.165) is 25.5 Å². The fraction of sp³-hybridized carbons (Fsp3) is 0.538. The van der Waals surface area contributed by atoms with Crippen LogP contribution in [0.25, 0.3) is 0 Å². The van der Waals surface area contributed by atoms with E-state index in [1.54, 1.807) is 6.20 Å². The predicted molar refractivity (Wildman–Crippen MR) is 71.0 cm³/mol. The fourth-order valence-corrected chi connectivity index (χ4v) is 1.70. The van der Waals surface area contributed by atoms with Crippen LogP contribution in [0.3, 0.4) is 0 Å². The number of imidazole rings is 1. The molecule has 0 atom stereocenters. The molecule has 2 rings (SSSR count). The van der Waals surface area contributed by atoms with Gasteiger partial charge in [-0.05, 0) is 26.8 Å². The first kappa shape index (κ1) is 12.8. The van der Waals surface area contributed by atoms with Crippen molar-refractivity contribution in [3.63, 3.8) is 0 Å². The first-order valence-corrected chi connectivity index (χ1v) is 6.27. The van der Waals surface area contributed by atoms with Gasteiger partial charge >= 0.3 is 0 Å². The first-order valence-electron chi connectivity index (χ1n) is 6.27. The van der Waals surface area contributed by atoms with Crippen LogP contribution < -0.4 is 5.32 Å². The standard InChI is InChI=1S/C13H21N5/c1-13(2,3)15-11-12-14-6-8-17(12)9-10-18-7-4-5-16-18/h4-8,15H,9-11H2,1-3H3. The van der Waals surface area contributed by atoms with Crippen molar-refractivity contribution in [3.8, 4) is 0 Å². The zero-order valence-electron chi connectivity index (χ0n) is 11.3. The molecule has 0 saturated carbocycles. The van der Waals surface area contributed by atoms with Crippen LogP contribution in [0.1, 0.15) is 26.6 Å². The Morgan fingerprint density at radius 2 is 2.00 bits per heavy atom. The van der Waals surface area contributed by atoms with Crippen LogP contribution in [-0.4, -0.2) is 24.9 Å². The highest BCUT2D eigenvalue weighted by Crippen LogP contribution is 2.03. The molecule has 2 aromatic rings. The highest BCUT2D eigenvalue weighted by Gasteiger charge is 2.10. The normalized spacial score (nSPS) is 11.9. The molecule has 5 heteroatoms. The fourth-order valence-electron chi connectivity index (χ4n) is 1.70. The second-order valence-electron chi connectivity index (χ2n) is 5.41. The molecule has 98 valence electrons. The zero-order chi connectivity index (χ0) is 13.0. The molecule has 0 amide bonds. The van der Waals surface area contributed by atoms with Gasteiger partial charge in [0.05, 0.1) is 13.1 Å². The van der Waals surface area contributed by atoms with Crippen LogP contribution in [0.15, 0.2) is 30.9 Å². The van der Waals surface area contributed by atoms with Gasteiger partial charge in [0.1, 0.15) is 5.82 Å². The van der Waals surface area contributed by atoms with Crippen LogP contribution >= 0.6 is 0 Å². The maximum Gasteiger partial charge on any atom is 0.122 e. The van der Waals surface area contributed by atoms with Crippen LogP contribution in [0.5, 0.6) is 0 Å². The minimum absolute atomic E-state index is 0.110. The molecule has 0 fully saturated rings. The Morgan fingerprint density at radius 1 is 1.17 bits per heavy atom. The van der Waals surface area contributed by atoms with Crippen molar-refractivity contribution in [2.45, 2.75) is 45.9 Å². The molecule has 0 spiro atoms. The molecule has 5 nitrogen and oxygen atoms in total. The summed E-state index contributed by atoms with van der Waals surface area (Å²) in [5.74, 6) is 1.07. The van der Waals surface area contributed by atoms with E-state index in [1.165, 1.54) is 0 Å². The minimum atomic E-state index is 0.110. The summed E-state index contributed by atoms with van der Waals surface area (Å²) >= 11 is 0. The molecule has 18 heavy (non-hydrogen) atoms. The Labute approximate surface area is 108 Å². The molecular weight excluding hydrogens is 226 g/mol. The van der Waals surface area contributed by atoms with Crippen molar-refractivity contribution in [2.75, 3.05) is 0 Å². The maximum absolute atomic E-state index is 4.39. The summed E-state index contributed by atoms with van der Waals surface area (Å²) in [6, 6.07) is 1.94. The molecule has 1 N–H and O–H groups in total.